The van der Waals surface area contributed by atoms with Gasteiger partial charge in [-0.3, -0.25) is 4.79 Å². The number of halogens is 1. The van der Waals surface area contributed by atoms with E-state index >= 15 is 0 Å². The van der Waals surface area contributed by atoms with Gasteiger partial charge >= 0.3 is 5.97 Å². The van der Waals surface area contributed by atoms with E-state index in [1.807, 2.05) is 13.0 Å². The summed E-state index contributed by atoms with van der Waals surface area (Å²) in [5.74, 6) is -1.04. The number of hydrogen-bond donors (Lipinski definition) is 2. The summed E-state index contributed by atoms with van der Waals surface area (Å²) < 4.78 is 33.3. The molecule has 2 aromatic rings. The molecule has 0 heterocycles. The summed E-state index contributed by atoms with van der Waals surface area (Å²) in [6.07, 6.45) is -1.16. The van der Waals surface area contributed by atoms with E-state index in [0.29, 0.717) is 11.4 Å². The molecule has 1 atom stereocenters. The Kier molecular flexibility index (Phi) is 6.65. The molecule has 0 fully saturated rings. The number of nitrogens with one attached hydrogen (secondary N) is 1. The van der Waals surface area contributed by atoms with E-state index in [9.17, 15) is 18.0 Å². The number of ether oxygens (including phenoxy) is 2. The molecule has 0 aliphatic rings. The van der Waals surface area contributed by atoms with Crippen molar-refractivity contribution in [1.82, 2.24) is 0 Å². The highest BCUT2D eigenvalue weighted by Crippen LogP contribution is 2.26. The standard InChI is InChI=1S/C18H19ClN2O6S/c1-10-4-7-15(26-3)14(8-10)21-17(22)11(2)27-18(23)12-5-6-13(19)16(9-12)28(20,24)25/h4-9,11H,1-3H3,(H,21,22)(H2,20,24,25)/t11-/m0/s1. The number of carbonyl (C=O) groups excluding carboxylic acids is 2. The maximum Gasteiger partial charge on any atom is 0.338 e. The number of hydrogen-bond acceptors (Lipinski definition) is 6. The molecular weight excluding hydrogens is 408 g/mol. The largest absolute Gasteiger partial charge is 0.495 e. The molecule has 10 heteroatoms. The predicted molar refractivity (Wildman–Crippen MR) is 104 cm³/mol. The predicted octanol–water partition coefficient (Wildman–Crippen LogP) is 2.49. The zero-order valence-electron chi connectivity index (χ0n) is 15.4. The molecule has 0 saturated heterocycles. The first-order valence-corrected chi connectivity index (χ1v) is 9.94. The van der Waals surface area contributed by atoms with Crippen LogP contribution in [0.3, 0.4) is 0 Å². The first-order chi connectivity index (χ1) is 13.0. The quantitative estimate of drug-likeness (QED) is 0.683. The van der Waals surface area contributed by atoms with Crippen molar-refractivity contribution in [3.05, 3.63) is 52.5 Å². The SMILES string of the molecule is COc1ccc(C)cc1NC(=O)[C@H](C)OC(=O)c1ccc(Cl)c(S(N)(=O)=O)c1. The van der Waals surface area contributed by atoms with Crippen molar-refractivity contribution in [3.8, 4) is 5.75 Å². The molecule has 0 spiro atoms. The lowest BCUT2D eigenvalue weighted by molar-refractivity contribution is -0.123. The molecule has 0 bridgehead atoms. The summed E-state index contributed by atoms with van der Waals surface area (Å²) in [4.78, 5) is 24.2. The van der Waals surface area contributed by atoms with Crippen LogP contribution in [0.1, 0.15) is 22.8 Å². The van der Waals surface area contributed by atoms with E-state index in [1.54, 1.807) is 12.1 Å². The van der Waals surface area contributed by atoms with Crippen LogP contribution in [-0.4, -0.2) is 33.5 Å². The van der Waals surface area contributed by atoms with Gasteiger partial charge in [0.15, 0.2) is 6.10 Å². The number of esters is 1. The van der Waals surface area contributed by atoms with Gasteiger partial charge in [-0.05, 0) is 49.7 Å². The maximum atomic E-state index is 12.4. The second-order valence-electron chi connectivity index (χ2n) is 5.93. The van der Waals surface area contributed by atoms with E-state index in [-0.39, 0.29) is 10.6 Å². The third kappa shape index (κ3) is 5.22. The maximum absolute atomic E-state index is 12.4. The first kappa shape index (κ1) is 21.7. The molecule has 8 nitrogen and oxygen atoms in total. The fourth-order valence-corrected chi connectivity index (χ4v) is 3.36. The highest BCUT2D eigenvalue weighted by molar-refractivity contribution is 7.89. The molecule has 0 saturated carbocycles. The lowest BCUT2D eigenvalue weighted by atomic mass is 10.2. The smallest absolute Gasteiger partial charge is 0.338 e. The average Bonchev–Trinajstić information content (AvgIpc) is 2.61. The molecule has 2 rings (SSSR count). The Bertz CT molecular complexity index is 1020. The summed E-state index contributed by atoms with van der Waals surface area (Å²) in [5, 5.41) is 7.56. The summed E-state index contributed by atoms with van der Waals surface area (Å²) >= 11 is 5.79. The molecular formula is C18H19ClN2O6S. The van der Waals surface area contributed by atoms with Gasteiger partial charge in [0.25, 0.3) is 5.91 Å². The Labute approximate surface area is 167 Å². The third-order valence-corrected chi connectivity index (χ3v) is 5.13. The number of anilines is 1. The topological polar surface area (TPSA) is 125 Å². The zero-order chi connectivity index (χ0) is 21.1. The van der Waals surface area contributed by atoms with E-state index < -0.39 is 32.9 Å². The number of sulfonamides is 1. The van der Waals surface area contributed by atoms with Crippen LogP contribution >= 0.6 is 11.6 Å². The van der Waals surface area contributed by atoms with E-state index in [1.165, 1.54) is 26.2 Å². The molecule has 0 aliphatic carbocycles. The van der Waals surface area contributed by atoms with Gasteiger partial charge in [0.05, 0.1) is 23.4 Å². The fourth-order valence-electron chi connectivity index (χ4n) is 2.28. The van der Waals surface area contributed by atoms with Crippen LogP contribution in [0.4, 0.5) is 5.69 Å². The third-order valence-electron chi connectivity index (χ3n) is 3.74. The molecule has 0 radical (unpaired) electrons. The lowest BCUT2D eigenvalue weighted by Gasteiger charge is -2.16. The van der Waals surface area contributed by atoms with Crippen LogP contribution in [0.5, 0.6) is 5.75 Å². The van der Waals surface area contributed by atoms with Gasteiger partial charge in [0.1, 0.15) is 10.6 Å². The zero-order valence-corrected chi connectivity index (χ0v) is 16.9. The Morgan fingerprint density at radius 1 is 1.18 bits per heavy atom. The van der Waals surface area contributed by atoms with Crippen molar-refractivity contribution in [2.24, 2.45) is 5.14 Å². The van der Waals surface area contributed by atoms with Crippen molar-refractivity contribution >= 4 is 39.2 Å². The van der Waals surface area contributed by atoms with Gasteiger partial charge in [-0.1, -0.05) is 17.7 Å². The van der Waals surface area contributed by atoms with Gasteiger partial charge in [-0.2, -0.15) is 0 Å². The minimum Gasteiger partial charge on any atom is -0.495 e. The molecule has 150 valence electrons. The summed E-state index contributed by atoms with van der Waals surface area (Å²) in [7, 11) is -2.65. The van der Waals surface area contributed by atoms with Gasteiger partial charge in [-0.15, -0.1) is 0 Å². The Balaban J connectivity index is 2.14. The molecule has 0 unspecified atom stereocenters. The van der Waals surface area contributed by atoms with Gasteiger partial charge in [0, 0.05) is 0 Å². The van der Waals surface area contributed by atoms with Crippen molar-refractivity contribution in [2.75, 3.05) is 12.4 Å². The lowest BCUT2D eigenvalue weighted by Crippen LogP contribution is -2.30. The second kappa shape index (κ2) is 8.59. The van der Waals surface area contributed by atoms with Crippen LogP contribution in [0.15, 0.2) is 41.3 Å². The van der Waals surface area contributed by atoms with Crippen LogP contribution in [0, 0.1) is 6.92 Å². The van der Waals surface area contributed by atoms with Gasteiger partial charge in [0.2, 0.25) is 10.0 Å². The Morgan fingerprint density at radius 3 is 2.46 bits per heavy atom. The number of benzene rings is 2. The minimum absolute atomic E-state index is 0.110. The Morgan fingerprint density at radius 2 is 1.86 bits per heavy atom. The fraction of sp³-hybridized carbons (Fsp3) is 0.222. The number of aryl methyl sites for hydroxylation is 1. The van der Waals surface area contributed by atoms with Gasteiger partial charge < -0.3 is 14.8 Å². The van der Waals surface area contributed by atoms with Crippen LogP contribution in [-0.2, 0) is 19.6 Å². The van der Waals surface area contributed by atoms with Crippen LogP contribution in [0.2, 0.25) is 5.02 Å². The number of rotatable bonds is 6. The van der Waals surface area contributed by atoms with E-state index in [0.717, 1.165) is 11.6 Å². The van der Waals surface area contributed by atoms with E-state index in [4.69, 9.17) is 26.2 Å². The van der Waals surface area contributed by atoms with Crippen molar-refractivity contribution in [2.45, 2.75) is 24.8 Å². The average molecular weight is 427 g/mol. The summed E-state index contributed by atoms with van der Waals surface area (Å²) in [6, 6.07) is 8.70. The summed E-state index contributed by atoms with van der Waals surface area (Å²) in [5.41, 5.74) is 1.22. The first-order valence-electron chi connectivity index (χ1n) is 8.01. The number of carbonyl (C=O) groups is 2. The number of nitrogens with two attached hydrogens (primary N) is 1. The number of amides is 1. The van der Waals surface area contributed by atoms with Crippen molar-refractivity contribution in [1.29, 1.82) is 0 Å². The molecule has 0 aromatic heterocycles. The monoisotopic (exact) mass is 426 g/mol. The van der Waals surface area contributed by atoms with Crippen LogP contribution < -0.4 is 15.2 Å². The molecule has 28 heavy (non-hydrogen) atoms. The van der Waals surface area contributed by atoms with Crippen molar-refractivity contribution in [3.63, 3.8) is 0 Å². The number of primary sulfonamides is 1. The molecule has 3 N–H and O–H groups in total. The van der Waals surface area contributed by atoms with Gasteiger partial charge in [-0.25, -0.2) is 18.4 Å². The minimum atomic E-state index is -4.12. The highest BCUT2D eigenvalue weighted by Gasteiger charge is 2.22. The highest BCUT2D eigenvalue weighted by atomic mass is 35.5. The normalized spacial score (nSPS) is 12.2. The van der Waals surface area contributed by atoms with Crippen LogP contribution in [0.25, 0.3) is 0 Å². The second-order valence-corrected chi connectivity index (χ2v) is 7.87. The molecule has 2 aromatic carbocycles. The van der Waals surface area contributed by atoms with Crippen molar-refractivity contribution < 1.29 is 27.5 Å². The Hall–Kier alpha value is -2.62. The molecule has 1 amide bonds. The molecule has 0 aliphatic heterocycles. The number of methoxy groups -OCH3 is 1. The summed E-state index contributed by atoms with van der Waals surface area (Å²) in [6.45, 7) is 3.23. The van der Waals surface area contributed by atoms with E-state index in [2.05, 4.69) is 5.32 Å².